The highest BCUT2D eigenvalue weighted by atomic mass is 79.9. The van der Waals surface area contributed by atoms with Crippen LogP contribution in [-0.4, -0.2) is 23.8 Å². The third-order valence-electron chi connectivity index (χ3n) is 6.68. The number of esters is 1. The standard InChI is InChI=1S/C32H27Br2FN2O5S/c1-4-40-23-12-10-19(11-13-23)28-27(31(39)41-5-2)18(3)36-32-37(28)30(38)26(43-32)15-21-14-22(33)16-24(34)29(21)42-17-20-8-6-7-9-25(20)35/h6-16,28H,4-5,17H2,1-3H3/b26-15-/t28-/m0/s1. The van der Waals surface area contributed by atoms with Gasteiger partial charge in [-0.25, -0.2) is 14.2 Å². The molecular formula is C32H27Br2FN2O5S. The predicted octanol–water partition coefficient (Wildman–Crippen LogP) is 6.44. The zero-order chi connectivity index (χ0) is 30.7. The maximum atomic E-state index is 14.3. The third-order valence-corrected chi connectivity index (χ3v) is 8.71. The Labute approximate surface area is 268 Å². The number of carbonyl (C=O) groups excluding carboxylic acids is 1. The van der Waals surface area contributed by atoms with Crippen molar-refractivity contribution in [3.8, 4) is 11.5 Å². The minimum Gasteiger partial charge on any atom is -0.494 e. The van der Waals surface area contributed by atoms with E-state index in [0.717, 1.165) is 4.47 Å². The van der Waals surface area contributed by atoms with Crippen molar-refractivity contribution in [2.24, 2.45) is 4.99 Å². The van der Waals surface area contributed by atoms with Gasteiger partial charge < -0.3 is 14.2 Å². The molecule has 0 saturated heterocycles. The van der Waals surface area contributed by atoms with Gasteiger partial charge in [-0.05, 0) is 78.7 Å². The SMILES string of the molecule is CCOC(=O)C1=C(C)N=c2s/c(=C\c3cc(Br)cc(Br)c3OCc3ccccc3F)c(=O)n2[C@H]1c1ccc(OCC)cc1. The van der Waals surface area contributed by atoms with Crippen molar-refractivity contribution in [3.63, 3.8) is 0 Å². The molecule has 4 aromatic rings. The van der Waals surface area contributed by atoms with Crippen LogP contribution in [0.5, 0.6) is 11.5 Å². The Kier molecular flexibility index (Phi) is 9.63. The molecule has 222 valence electrons. The monoisotopic (exact) mass is 728 g/mol. The number of aromatic nitrogens is 1. The maximum absolute atomic E-state index is 14.3. The normalized spacial score (nSPS) is 14.7. The summed E-state index contributed by atoms with van der Waals surface area (Å²) in [4.78, 5) is 32.3. The number of ether oxygens (including phenoxy) is 3. The first-order valence-corrected chi connectivity index (χ1v) is 15.9. The van der Waals surface area contributed by atoms with Crippen molar-refractivity contribution in [2.75, 3.05) is 13.2 Å². The molecule has 0 saturated carbocycles. The summed E-state index contributed by atoms with van der Waals surface area (Å²) in [7, 11) is 0. The molecule has 0 spiro atoms. The van der Waals surface area contributed by atoms with Gasteiger partial charge in [-0.3, -0.25) is 9.36 Å². The van der Waals surface area contributed by atoms with Crippen LogP contribution in [0.4, 0.5) is 4.39 Å². The van der Waals surface area contributed by atoms with Crippen LogP contribution in [0.2, 0.25) is 0 Å². The molecule has 1 aliphatic rings. The van der Waals surface area contributed by atoms with Crippen LogP contribution in [0.15, 0.2) is 90.7 Å². The maximum Gasteiger partial charge on any atom is 0.338 e. The average molecular weight is 730 g/mol. The Hall–Kier alpha value is -3.54. The minimum absolute atomic E-state index is 0.00513. The number of fused-ring (bicyclic) bond motifs is 1. The summed E-state index contributed by atoms with van der Waals surface area (Å²) < 4.78 is 34.6. The van der Waals surface area contributed by atoms with Crippen LogP contribution in [0.25, 0.3) is 6.08 Å². The first-order valence-electron chi connectivity index (χ1n) is 13.5. The number of halogens is 3. The van der Waals surface area contributed by atoms with E-state index in [1.165, 1.54) is 22.0 Å². The Morgan fingerprint density at radius 2 is 1.81 bits per heavy atom. The van der Waals surface area contributed by atoms with E-state index in [2.05, 4.69) is 36.9 Å². The lowest BCUT2D eigenvalue weighted by Gasteiger charge is -2.24. The quantitative estimate of drug-likeness (QED) is 0.186. The fraction of sp³-hybridized carbons (Fsp3) is 0.219. The lowest BCUT2D eigenvalue weighted by molar-refractivity contribution is -0.139. The van der Waals surface area contributed by atoms with Gasteiger partial charge in [-0.1, -0.05) is 57.6 Å². The molecule has 3 aromatic carbocycles. The molecule has 1 aliphatic heterocycles. The molecule has 0 bridgehead atoms. The largest absolute Gasteiger partial charge is 0.494 e. The lowest BCUT2D eigenvalue weighted by atomic mass is 9.96. The lowest BCUT2D eigenvalue weighted by Crippen LogP contribution is -2.39. The van der Waals surface area contributed by atoms with Gasteiger partial charge in [0.05, 0.1) is 39.5 Å². The van der Waals surface area contributed by atoms with Crippen molar-refractivity contribution in [2.45, 2.75) is 33.4 Å². The van der Waals surface area contributed by atoms with Gasteiger partial charge in [0.25, 0.3) is 5.56 Å². The highest BCUT2D eigenvalue weighted by Crippen LogP contribution is 2.35. The van der Waals surface area contributed by atoms with E-state index in [-0.39, 0.29) is 24.6 Å². The van der Waals surface area contributed by atoms with E-state index in [4.69, 9.17) is 14.2 Å². The Balaban J connectivity index is 1.64. The topological polar surface area (TPSA) is 79.1 Å². The molecule has 5 rings (SSSR count). The van der Waals surface area contributed by atoms with Crippen LogP contribution in [-0.2, 0) is 16.1 Å². The molecule has 11 heteroatoms. The molecule has 1 aromatic heterocycles. The summed E-state index contributed by atoms with van der Waals surface area (Å²) in [5.74, 6) is 0.230. The van der Waals surface area contributed by atoms with E-state index in [9.17, 15) is 14.0 Å². The molecular weight excluding hydrogens is 703 g/mol. The van der Waals surface area contributed by atoms with E-state index in [1.807, 2.05) is 43.3 Å². The zero-order valence-corrected chi connectivity index (χ0v) is 27.5. The summed E-state index contributed by atoms with van der Waals surface area (Å²) >= 11 is 8.27. The number of nitrogens with zero attached hydrogens (tertiary/aromatic N) is 2. The fourth-order valence-electron chi connectivity index (χ4n) is 4.77. The van der Waals surface area contributed by atoms with Gasteiger partial charge in [0.15, 0.2) is 4.80 Å². The zero-order valence-electron chi connectivity index (χ0n) is 23.5. The van der Waals surface area contributed by atoms with E-state index < -0.39 is 12.0 Å². The smallest absolute Gasteiger partial charge is 0.338 e. The molecule has 0 unspecified atom stereocenters. The Morgan fingerprint density at radius 1 is 1.07 bits per heavy atom. The fourth-order valence-corrected chi connectivity index (χ4v) is 7.18. The number of hydrogen-bond donors (Lipinski definition) is 0. The van der Waals surface area contributed by atoms with E-state index in [1.54, 1.807) is 38.1 Å². The second-order valence-electron chi connectivity index (χ2n) is 9.49. The number of thiazole rings is 1. The van der Waals surface area contributed by atoms with E-state index in [0.29, 0.717) is 59.9 Å². The minimum atomic E-state index is -0.751. The second-order valence-corrected chi connectivity index (χ2v) is 12.3. The second kappa shape index (κ2) is 13.4. The van der Waals surface area contributed by atoms with Gasteiger partial charge in [0.1, 0.15) is 23.9 Å². The highest BCUT2D eigenvalue weighted by Gasteiger charge is 2.33. The molecule has 0 aliphatic carbocycles. The number of hydrogen-bond acceptors (Lipinski definition) is 7. The third kappa shape index (κ3) is 6.53. The average Bonchev–Trinajstić information content (AvgIpc) is 3.27. The summed E-state index contributed by atoms with van der Waals surface area (Å²) in [6, 6.07) is 16.6. The van der Waals surface area contributed by atoms with Crippen LogP contribution in [0.3, 0.4) is 0 Å². The van der Waals surface area contributed by atoms with Gasteiger partial charge >= 0.3 is 5.97 Å². The highest BCUT2D eigenvalue weighted by molar-refractivity contribution is 9.11. The van der Waals surface area contributed by atoms with Gasteiger partial charge in [0.2, 0.25) is 0 Å². The van der Waals surface area contributed by atoms with Gasteiger partial charge in [0, 0.05) is 15.6 Å². The van der Waals surface area contributed by atoms with Crippen molar-refractivity contribution in [1.29, 1.82) is 0 Å². The van der Waals surface area contributed by atoms with Crippen molar-refractivity contribution in [3.05, 3.63) is 123 Å². The summed E-state index contributed by atoms with van der Waals surface area (Å²) in [6.45, 7) is 6.07. The number of allylic oxidation sites excluding steroid dienone is 1. The Bertz CT molecular complexity index is 1900. The number of carbonyl (C=O) groups is 1. The first kappa shape index (κ1) is 30.9. The van der Waals surface area contributed by atoms with Gasteiger partial charge in [-0.15, -0.1) is 0 Å². The number of rotatable bonds is 9. The Morgan fingerprint density at radius 3 is 2.51 bits per heavy atom. The molecule has 0 radical (unpaired) electrons. The van der Waals surface area contributed by atoms with Gasteiger partial charge in [-0.2, -0.15) is 0 Å². The first-order chi connectivity index (χ1) is 20.7. The number of benzene rings is 3. The van der Waals surface area contributed by atoms with Crippen LogP contribution in [0.1, 0.15) is 43.5 Å². The molecule has 1 atom stereocenters. The van der Waals surface area contributed by atoms with E-state index >= 15 is 0 Å². The molecule has 0 fully saturated rings. The van der Waals surface area contributed by atoms with Crippen LogP contribution in [0, 0.1) is 5.82 Å². The molecule has 2 heterocycles. The van der Waals surface area contributed by atoms with Crippen molar-refractivity contribution >= 4 is 55.2 Å². The van der Waals surface area contributed by atoms with Crippen LogP contribution < -0.4 is 24.4 Å². The summed E-state index contributed by atoms with van der Waals surface area (Å²) in [5.41, 5.74) is 2.16. The van der Waals surface area contributed by atoms with Crippen molar-refractivity contribution in [1.82, 2.24) is 4.57 Å². The molecule has 7 nitrogen and oxygen atoms in total. The molecule has 0 N–H and O–H groups in total. The molecule has 0 amide bonds. The van der Waals surface area contributed by atoms with Crippen LogP contribution >= 0.6 is 43.2 Å². The molecule has 43 heavy (non-hydrogen) atoms. The summed E-state index contributed by atoms with van der Waals surface area (Å²) in [5, 5.41) is 0. The predicted molar refractivity (Wildman–Crippen MR) is 171 cm³/mol. The summed E-state index contributed by atoms with van der Waals surface area (Å²) in [6.07, 6.45) is 1.72. The van der Waals surface area contributed by atoms with Crippen molar-refractivity contribution < 1.29 is 23.4 Å².